The van der Waals surface area contributed by atoms with Crippen molar-refractivity contribution in [1.29, 1.82) is 0 Å². The molecular formula is C20H23BrO2S. The highest BCUT2D eigenvalue weighted by Crippen LogP contribution is 2.44. The molecule has 1 aliphatic rings. The molecule has 0 spiro atoms. The highest BCUT2D eigenvalue weighted by molar-refractivity contribution is 9.10. The summed E-state index contributed by atoms with van der Waals surface area (Å²) in [6, 6.07) is 18.2. The molecule has 1 fully saturated rings. The van der Waals surface area contributed by atoms with Gasteiger partial charge in [0.2, 0.25) is 0 Å². The number of hydrogen-bond donors (Lipinski definition) is 1. The summed E-state index contributed by atoms with van der Waals surface area (Å²) in [5.41, 5.74) is 1.27. The largest absolute Gasteiger partial charge is 0.385 e. The molecule has 0 radical (unpaired) electrons. The summed E-state index contributed by atoms with van der Waals surface area (Å²) in [6.45, 7) is 2.16. The molecule has 3 atom stereocenters. The summed E-state index contributed by atoms with van der Waals surface area (Å²) in [5.74, 6) is 1.98. The predicted molar refractivity (Wildman–Crippen MR) is 104 cm³/mol. The van der Waals surface area contributed by atoms with Gasteiger partial charge in [-0.05, 0) is 29.0 Å². The van der Waals surface area contributed by atoms with Gasteiger partial charge >= 0.3 is 0 Å². The third-order valence-corrected chi connectivity index (χ3v) is 6.05. The maximum Gasteiger partial charge on any atom is 0.0949 e. The number of ether oxygens (including phenoxy) is 1. The molecule has 0 unspecified atom stereocenters. The van der Waals surface area contributed by atoms with Crippen LogP contribution in [0.15, 0.2) is 59.1 Å². The van der Waals surface area contributed by atoms with E-state index in [4.69, 9.17) is 4.74 Å². The molecule has 0 aliphatic carbocycles. The zero-order valence-electron chi connectivity index (χ0n) is 13.8. The van der Waals surface area contributed by atoms with Gasteiger partial charge < -0.3 is 9.84 Å². The molecule has 2 nitrogen and oxygen atoms in total. The number of hydrogen-bond acceptors (Lipinski definition) is 3. The maximum atomic E-state index is 11.4. The van der Waals surface area contributed by atoms with Crippen molar-refractivity contribution in [3.63, 3.8) is 0 Å². The van der Waals surface area contributed by atoms with E-state index in [1.54, 1.807) is 0 Å². The molecule has 1 saturated heterocycles. The number of rotatable bonds is 5. The van der Waals surface area contributed by atoms with Crippen LogP contribution in [0.5, 0.6) is 0 Å². The van der Waals surface area contributed by atoms with Crippen LogP contribution in [-0.4, -0.2) is 22.7 Å². The average molecular weight is 407 g/mol. The van der Waals surface area contributed by atoms with Crippen molar-refractivity contribution in [3.8, 4) is 0 Å². The Hall–Kier alpha value is -0.810. The first kappa shape index (κ1) is 18.0. The summed E-state index contributed by atoms with van der Waals surface area (Å²) in [6.07, 6.45) is 1.21. The topological polar surface area (TPSA) is 29.5 Å². The number of benzene rings is 2. The molecule has 4 heteroatoms. The van der Waals surface area contributed by atoms with E-state index in [9.17, 15) is 5.11 Å². The van der Waals surface area contributed by atoms with Gasteiger partial charge in [0.05, 0.1) is 17.8 Å². The normalized spacial score (nSPS) is 27.1. The molecule has 0 aromatic heterocycles. The smallest absolute Gasteiger partial charge is 0.0949 e. The van der Waals surface area contributed by atoms with Gasteiger partial charge in [-0.2, -0.15) is 11.8 Å². The van der Waals surface area contributed by atoms with Gasteiger partial charge in [0, 0.05) is 23.1 Å². The molecule has 1 aliphatic heterocycles. The predicted octanol–water partition coefficient (Wildman–Crippen LogP) is 5.31. The van der Waals surface area contributed by atoms with Crippen LogP contribution in [0.2, 0.25) is 0 Å². The Morgan fingerprint density at radius 1 is 1.12 bits per heavy atom. The minimum absolute atomic E-state index is 0.0579. The molecule has 0 amide bonds. The summed E-state index contributed by atoms with van der Waals surface area (Å²) < 4.78 is 7.39. The van der Waals surface area contributed by atoms with E-state index in [0.717, 1.165) is 27.1 Å². The van der Waals surface area contributed by atoms with Gasteiger partial charge in [0.1, 0.15) is 0 Å². The van der Waals surface area contributed by atoms with Crippen LogP contribution in [0, 0.1) is 0 Å². The van der Waals surface area contributed by atoms with E-state index in [0.29, 0.717) is 12.8 Å². The van der Waals surface area contributed by atoms with Crippen LogP contribution < -0.4 is 0 Å². The highest BCUT2D eigenvalue weighted by atomic mass is 79.9. The van der Waals surface area contributed by atoms with Crippen molar-refractivity contribution in [1.82, 2.24) is 0 Å². The van der Waals surface area contributed by atoms with Gasteiger partial charge in [-0.25, -0.2) is 0 Å². The van der Waals surface area contributed by atoms with Crippen molar-refractivity contribution >= 4 is 27.7 Å². The summed E-state index contributed by atoms with van der Waals surface area (Å²) >= 11 is 5.35. The molecule has 1 heterocycles. The lowest BCUT2D eigenvalue weighted by atomic mass is 9.80. The Balaban J connectivity index is 1.88. The molecule has 128 valence electrons. The molecule has 3 rings (SSSR count). The first-order valence-electron chi connectivity index (χ1n) is 8.37. The molecule has 0 saturated carbocycles. The van der Waals surface area contributed by atoms with Crippen LogP contribution in [0.3, 0.4) is 0 Å². The first-order valence-corrected chi connectivity index (χ1v) is 10.3. The van der Waals surface area contributed by atoms with Crippen molar-refractivity contribution < 1.29 is 9.84 Å². The Kier molecular flexibility index (Phi) is 6.03. The summed E-state index contributed by atoms with van der Waals surface area (Å²) in [7, 11) is 0. The van der Waals surface area contributed by atoms with Crippen molar-refractivity contribution in [2.75, 3.05) is 11.5 Å². The second kappa shape index (κ2) is 8.05. The molecular weight excluding hydrogens is 384 g/mol. The zero-order chi connectivity index (χ0) is 17.0. The fourth-order valence-corrected chi connectivity index (χ4v) is 4.26. The Bertz CT molecular complexity index is 646. The first-order chi connectivity index (χ1) is 11.6. The summed E-state index contributed by atoms with van der Waals surface area (Å²) in [4.78, 5) is 0. The van der Waals surface area contributed by atoms with E-state index in [-0.39, 0.29) is 12.2 Å². The number of thioether (sulfide) groups is 1. The van der Waals surface area contributed by atoms with E-state index >= 15 is 0 Å². The SMILES string of the molecule is CCSC[C@@H]1C[C@@](O)(c2ccccc2)C[C@H](c2ccc(Br)cc2)O1. The van der Waals surface area contributed by atoms with Crippen LogP contribution in [0.4, 0.5) is 0 Å². The van der Waals surface area contributed by atoms with Gasteiger partial charge in [0.15, 0.2) is 0 Å². The van der Waals surface area contributed by atoms with E-state index in [1.165, 1.54) is 0 Å². The van der Waals surface area contributed by atoms with Gasteiger partial charge in [-0.15, -0.1) is 0 Å². The number of aliphatic hydroxyl groups is 1. The minimum Gasteiger partial charge on any atom is -0.385 e. The second-order valence-corrected chi connectivity index (χ2v) is 8.50. The third-order valence-electron chi connectivity index (χ3n) is 4.51. The monoisotopic (exact) mass is 406 g/mol. The Morgan fingerprint density at radius 3 is 2.50 bits per heavy atom. The Labute approximate surface area is 156 Å². The molecule has 1 N–H and O–H groups in total. The fraction of sp³-hybridized carbons (Fsp3) is 0.400. The quantitative estimate of drug-likeness (QED) is 0.729. The lowest BCUT2D eigenvalue weighted by Crippen LogP contribution is -2.41. The van der Waals surface area contributed by atoms with Crippen molar-refractivity contribution in [3.05, 3.63) is 70.2 Å². The van der Waals surface area contributed by atoms with Crippen LogP contribution in [0.1, 0.15) is 37.0 Å². The molecule has 0 bridgehead atoms. The standard InChI is InChI=1S/C20H23BrO2S/c1-2-24-14-18-12-20(22,16-6-4-3-5-7-16)13-19(23-18)15-8-10-17(21)11-9-15/h3-11,18-19,22H,2,12-14H2,1H3/t18-,19+,20-/m0/s1. The van der Waals surface area contributed by atoms with E-state index in [1.807, 2.05) is 54.2 Å². The molecule has 24 heavy (non-hydrogen) atoms. The molecule has 2 aromatic rings. The van der Waals surface area contributed by atoms with Gasteiger partial charge in [-0.1, -0.05) is 65.3 Å². The third kappa shape index (κ3) is 4.23. The van der Waals surface area contributed by atoms with Crippen LogP contribution in [0.25, 0.3) is 0 Å². The number of halogens is 1. The maximum absolute atomic E-state index is 11.4. The van der Waals surface area contributed by atoms with Crippen LogP contribution >= 0.6 is 27.7 Å². The van der Waals surface area contributed by atoms with E-state index in [2.05, 4.69) is 35.0 Å². The van der Waals surface area contributed by atoms with Gasteiger partial charge in [0.25, 0.3) is 0 Å². The second-order valence-electron chi connectivity index (χ2n) is 6.26. The molecule has 2 aromatic carbocycles. The lowest BCUT2D eigenvalue weighted by Gasteiger charge is -2.42. The van der Waals surface area contributed by atoms with Crippen LogP contribution in [-0.2, 0) is 10.3 Å². The minimum atomic E-state index is -0.837. The highest BCUT2D eigenvalue weighted by Gasteiger charge is 2.41. The van der Waals surface area contributed by atoms with E-state index < -0.39 is 5.60 Å². The van der Waals surface area contributed by atoms with Crippen molar-refractivity contribution in [2.24, 2.45) is 0 Å². The zero-order valence-corrected chi connectivity index (χ0v) is 16.2. The lowest BCUT2D eigenvalue weighted by molar-refractivity contribution is -0.142. The van der Waals surface area contributed by atoms with Gasteiger partial charge in [-0.3, -0.25) is 0 Å². The van der Waals surface area contributed by atoms with Crippen molar-refractivity contribution in [2.45, 2.75) is 37.6 Å². The Morgan fingerprint density at radius 2 is 1.83 bits per heavy atom. The fourth-order valence-electron chi connectivity index (χ4n) is 3.30. The average Bonchev–Trinajstić information content (AvgIpc) is 2.61. The summed E-state index contributed by atoms with van der Waals surface area (Å²) in [5, 5.41) is 11.4.